The van der Waals surface area contributed by atoms with Gasteiger partial charge in [0.2, 0.25) is 5.95 Å². The molecule has 0 aliphatic rings. The monoisotopic (exact) mass is 423 g/mol. The fourth-order valence-corrected chi connectivity index (χ4v) is 3.25. The molecule has 164 valence electrons. The van der Waals surface area contributed by atoms with E-state index < -0.39 is 0 Å². The maximum Gasteiger partial charge on any atom is 0.264 e. The van der Waals surface area contributed by atoms with Gasteiger partial charge in [-0.2, -0.15) is 0 Å². The van der Waals surface area contributed by atoms with Crippen LogP contribution in [0.1, 0.15) is 32.3 Å². The van der Waals surface area contributed by atoms with Crippen LogP contribution in [0, 0.1) is 0 Å². The summed E-state index contributed by atoms with van der Waals surface area (Å²) in [6, 6.07) is 15.2. The van der Waals surface area contributed by atoms with Crippen LogP contribution >= 0.6 is 0 Å². The Morgan fingerprint density at radius 2 is 1.87 bits per heavy atom. The second kappa shape index (κ2) is 11.3. The normalized spacial score (nSPS) is 10.9. The van der Waals surface area contributed by atoms with Crippen molar-refractivity contribution >= 4 is 28.7 Å². The van der Waals surface area contributed by atoms with Crippen molar-refractivity contribution in [1.29, 1.82) is 0 Å². The smallest absolute Gasteiger partial charge is 0.264 e. The summed E-state index contributed by atoms with van der Waals surface area (Å²) in [4.78, 5) is 28.1. The van der Waals surface area contributed by atoms with Gasteiger partial charge in [-0.15, -0.1) is 0 Å². The molecule has 1 aromatic heterocycles. The van der Waals surface area contributed by atoms with Crippen molar-refractivity contribution < 1.29 is 19.1 Å². The van der Waals surface area contributed by atoms with E-state index in [2.05, 4.69) is 10.3 Å². The van der Waals surface area contributed by atoms with Crippen LogP contribution in [0.15, 0.2) is 48.5 Å². The highest BCUT2D eigenvalue weighted by molar-refractivity contribution is 5.92. The van der Waals surface area contributed by atoms with Crippen molar-refractivity contribution in [2.45, 2.75) is 39.7 Å². The first-order valence-electron chi connectivity index (χ1n) is 10.6. The molecule has 31 heavy (non-hydrogen) atoms. The lowest BCUT2D eigenvalue weighted by molar-refractivity contribution is -0.118. The van der Waals surface area contributed by atoms with Crippen LogP contribution in [-0.2, 0) is 27.3 Å². The number of imidazole rings is 1. The van der Waals surface area contributed by atoms with Crippen molar-refractivity contribution in [1.82, 2.24) is 9.55 Å². The second-order valence-electron chi connectivity index (χ2n) is 7.31. The van der Waals surface area contributed by atoms with Crippen LogP contribution in [0.2, 0.25) is 0 Å². The number of hydrogen-bond acceptors (Lipinski definition) is 5. The number of amides is 1. The van der Waals surface area contributed by atoms with Crippen molar-refractivity contribution in [3.63, 3.8) is 0 Å². The van der Waals surface area contributed by atoms with E-state index in [1.807, 2.05) is 60.0 Å². The zero-order chi connectivity index (χ0) is 22.1. The van der Waals surface area contributed by atoms with E-state index in [0.717, 1.165) is 23.0 Å². The van der Waals surface area contributed by atoms with Crippen LogP contribution in [-0.4, -0.2) is 41.1 Å². The minimum atomic E-state index is -0.276. The quantitative estimate of drug-likeness (QED) is 0.445. The highest BCUT2D eigenvalue weighted by Gasteiger charge is 2.13. The Morgan fingerprint density at radius 3 is 2.61 bits per heavy atom. The van der Waals surface area contributed by atoms with Crippen molar-refractivity contribution in [2.24, 2.45) is 0 Å². The molecule has 3 rings (SSSR count). The molecule has 0 saturated carbocycles. The summed E-state index contributed by atoms with van der Waals surface area (Å²) in [7, 11) is 0. The van der Waals surface area contributed by atoms with Crippen LogP contribution < -0.4 is 10.1 Å². The number of rotatable bonds is 12. The zero-order valence-corrected chi connectivity index (χ0v) is 18.1. The van der Waals surface area contributed by atoms with Gasteiger partial charge in [0.1, 0.15) is 11.5 Å². The number of Topliss-reactive ketones (excluding diaryl/α,β-unsaturated/α-hetero) is 1. The number of aromatic nitrogens is 2. The number of anilines is 1. The molecule has 0 atom stereocenters. The number of ketones is 1. The third-order valence-electron chi connectivity index (χ3n) is 4.84. The minimum Gasteiger partial charge on any atom is -0.484 e. The highest BCUT2D eigenvalue weighted by Crippen LogP contribution is 2.20. The molecule has 7 nitrogen and oxygen atoms in total. The highest BCUT2D eigenvalue weighted by atomic mass is 16.5. The summed E-state index contributed by atoms with van der Waals surface area (Å²) in [6.07, 6.45) is 2.05. The third kappa shape index (κ3) is 6.65. The molecule has 0 bridgehead atoms. The van der Waals surface area contributed by atoms with E-state index in [1.54, 1.807) is 6.92 Å². The van der Waals surface area contributed by atoms with Gasteiger partial charge in [-0.05, 0) is 56.5 Å². The predicted molar refractivity (Wildman–Crippen MR) is 120 cm³/mol. The molecule has 1 heterocycles. The van der Waals surface area contributed by atoms with Crippen LogP contribution in [0.25, 0.3) is 11.0 Å². The Balaban J connectivity index is 1.59. The Labute approximate surface area is 182 Å². The number of ether oxygens (including phenoxy) is 2. The Kier molecular flexibility index (Phi) is 8.18. The molecule has 7 heteroatoms. The Hall–Kier alpha value is -3.19. The van der Waals surface area contributed by atoms with Crippen molar-refractivity contribution in [2.75, 3.05) is 25.1 Å². The molecule has 0 aliphatic carbocycles. The summed E-state index contributed by atoms with van der Waals surface area (Å²) in [6.45, 7) is 5.47. The van der Waals surface area contributed by atoms with Gasteiger partial charge < -0.3 is 18.8 Å². The molecule has 2 aromatic carbocycles. The lowest BCUT2D eigenvalue weighted by Crippen LogP contribution is -2.22. The second-order valence-corrected chi connectivity index (χ2v) is 7.31. The van der Waals surface area contributed by atoms with E-state index >= 15 is 0 Å². The fourth-order valence-electron chi connectivity index (χ4n) is 3.25. The fraction of sp³-hybridized carbons (Fsp3) is 0.375. The first-order valence-corrected chi connectivity index (χ1v) is 10.6. The molecule has 0 aliphatic heterocycles. The number of carbonyl (C=O) groups excluding carboxylic acids is 2. The number of benzene rings is 2. The molecule has 0 spiro atoms. The molecule has 0 saturated heterocycles. The number of nitrogens with one attached hydrogen (secondary N) is 1. The number of carbonyl (C=O) groups is 2. The molecular weight excluding hydrogens is 394 g/mol. The first-order chi connectivity index (χ1) is 15.1. The van der Waals surface area contributed by atoms with Gasteiger partial charge in [0.05, 0.1) is 11.0 Å². The summed E-state index contributed by atoms with van der Waals surface area (Å²) >= 11 is 0. The van der Waals surface area contributed by atoms with Gasteiger partial charge in [-0.25, -0.2) is 4.98 Å². The van der Waals surface area contributed by atoms with E-state index in [1.165, 1.54) is 0 Å². The van der Waals surface area contributed by atoms with E-state index in [-0.39, 0.29) is 18.3 Å². The number of aryl methyl sites for hydroxylation is 2. The summed E-state index contributed by atoms with van der Waals surface area (Å²) < 4.78 is 13.0. The van der Waals surface area contributed by atoms with Gasteiger partial charge in [0.25, 0.3) is 5.91 Å². The number of hydrogen-bond donors (Lipinski definition) is 1. The van der Waals surface area contributed by atoms with Crippen LogP contribution in [0.4, 0.5) is 5.95 Å². The summed E-state index contributed by atoms with van der Waals surface area (Å²) in [5.74, 6) is 1.00. The van der Waals surface area contributed by atoms with Gasteiger partial charge in [-0.3, -0.25) is 10.1 Å². The molecule has 0 radical (unpaired) electrons. The van der Waals surface area contributed by atoms with Crippen molar-refractivity contribution in [3.05, 3.63) is 54.1 Å². The maximum atomic E-state index is 12.5. The van der Waals surface area contributed by atoms with Gasteiger partial charge in [0, 0.05) is 26.2 Å². The zero-order valence-electron chi connectivity index (χ0n) is 18.1. The Morgan fingerprint density at radius 1 is 1.10 bits per heavy atom. The SMILES string of the molecule is CCOCCCn1c(NC(=O)COc2ccc(CCC(C)=O)cc2)nc2ccccc21. The lowest BCUT2D eigenvalue weighted by Gasteiger charge is -2.11. The molecule has 1 amide bonds. The average molecular weight is 424 g/mol. The average Bonchev–Trinajstić information content (AvgIpc) is 3.11. The molecule has 3 aromatic rings. The molecular formula is C24H29N3O4. The predicted octanol–water partition coefficient (Wildman–Crippen LogP) is 4.00. The summed E-state index contributed by atoms with van der Waals surface area (Å²) in [5, 5.41) is 2.86. The maximum absolute atomic E-state index is 12.5. The van der Waals surface area contributed by atoms with E-state index in [0.29, 0.717) is 44.3 Å². The largest absolute Gasteiger partial charge is 0.484 e. The van der Waals surface area contributed by atoms with Gasteiger partial charge in [-0.1, -0.05) is 24.3 Å². The number of nitrogens with zero attached hydrogens (tertiary/aromatic N) is 2. The van der Waals surface area contributed by atoms with Gasteiger partial charge in [0.15, 0.2) is 6.61 Å². The van der Waals surface area contributed by atoms with Crippen molar-refractivity contribution in [3.8, 4) is 5.75 Å². The third-order valence-corrected chi connectivity index (χ3v) is 4.84. The number of fused-ring (bicyclic) bond motifs is 1. The standard InChI is InChI=1S/C24H29N3O4/c1-3-30-16-6-15-27-22-8-5-4-7-21(22)25-24(27)26-23(29)17-31-20-13-11-19(12-14-20)10-9-18(2)28/h4-5,7-8,11-14H,3,6,9-10,15-17H2,1-2H3,(H,25,26,29). The number of para-hydroxylation sites is 2. The summed E-state index contributed by atoms with van der Waals surface area (Å²) in [5.41, 5.74) is 2.86. The topological polar surface area (TPSA) is 82.5 Å². The molecule has 0 unspecified atom stereocenters. The lowest BCUT2D eigenvalue weighted by atomic mass is 10.1. The van der Waals surface area contributed by atoms with Crippen LogP contribution in [0.5, 0.6) is 5.75 Å². The molecule has 1 N–H and O–H groups in total. The van der Waals surface area contributed by atoms with E-state index in [4.69, 9.17) is 9.47 Å². The van der Waals surface area contributed by atoms with E-state index in [9.17, 15) is 9.59 Å². The minimum absolute atomic E-state index is 0.116. The van der Waals surface area contributed by atoms with Crippen LogP contribution in [0.3, 0.4) is 0 Å². The molecule has 0 fully saturated rings. The Bertz CT molecular complexity index is 1010. The first kappa shape index (κ1) is 22.5. The van der Waals surface area contributed by atoms with Gasteiger partial charge >= 0.3 is 0 Å².